The largest absolute Gasteiger partial charge is 0.301 e. The number of carbonyl (C=O) groups is 1. The summed E-state index contributed by atoms with van der Waals surface area (Å²) in [4.78, 5) is 17.3. The molecule has 3 nitrogen and oxygen atoms in total. The van der Waals surface area contributed by atoms with E-state index >= 15 is 0 Å². The Morgan fingerprint density at radius 3 is 2.56 bits per heavy atom. The molecule has 2 aromatic carbocycles. The molecule has 0 unspecified atom stereocenters. The Morgan fingerprint density at radius 1 is 1.08 bits per heavy atom. The monoisotopic (exact) mass is 428 g/mol. The lowest BCUT2D eigenvalue weighted by Gasteiger charge is -2.04. The Morgan fingerprint density at radius 2 is 1.80 bits per heavy atom. The van der Waals surface area contributed by atoms with Gasteiger partial charge in [-0.3, -0.25) is 4.79 Å². The van der Waals surface area contributed by atoms with Crippen LogP contribution in [0, 0.1) is 0 Å². The minimum atomic E-state index is -0.155. The molecule has 0 bridgehead atoms. The van der Waals surface area contributed by atoms with Crippen LogP contribution in [0.4, 0.5) is 5.13 Å². The third-order valence-corrected chi connectivity index (χ3v) is 5.88. The topological polar surface area (TPSA) is 42.0 Å². The van der Waals surface area contributed by atoms with Gasteiger partial charge in [0.05, 0.1) is 16.5 Å². The number of aromatic nitrogens is 1. The van der Waals surface area contributed by atoms with Gasteiger partial charge in [-0.25, -0.2) is 4.98 Å². The minimum Gasteiger partial charge on any atom is -0.301 e. The van der Waals surface area contributed by atoms with Gasteiger partial charge in [-0.2, -0.15) is 0 Å². The van der Waals surface area contributed by atoms with Crippen LogP contribution in [0.25, 0.3) is 11.3 Å². The van der Waals surface area contributed by atoms with E-state index in [1.165, 1.54) is 23.1 Å². The standard InChI is InChI=1S/C17H11Cl3N2OS2/c18-11-3-1-10(2-4-11)14-8-25-17(21-14)22-16(23)9-24-15-7-12(19)5-6-13(15)20/h1-8H,9H2,(H,21,22,23). The van der Waals surface area contributed by atoms with Crippen molar-refractivity contribution in [3.05, 3.63) is 62.9 Å². The molecule has 128 valence electrons. The number of amides is 1. The molecule has 0 aliphatic heterocycles. The maximum atomic E-state index is 12.1. The van der Waals surface area contributed by atoms with Crippen LogP contribution in [0.3, 0.4) is 0 Å². The van der Waals surface area contributed by atoms with Crippen molar-refractivity contribution in [2.24, 2.45) is 0 Å². The molecule has 1 amide bonds. The van der Waals surface area contributed by atoms with Crippen LogP contribution in [0.15, 0.2) is 52.7 Å². The number of hydrogen-bond donors (Lipinski definition) is 1. The van der Waals surface area contributed by atoms with E-state index in [2.05, 4.69) is 10.3 Å². The SMILES string of the molecule is O=C(CSc1cc(Cl)ccc1Cl)Nc1nc(-c2ccc(Cl)cc2)cs1. The van der Waals surface area contributed by atoms with Crippen molar-refractivity contribution in [1.82, 2.24) is 4.98 Å². The van der Waals surface area contributed by atoms with E-state index in [1.807, 2.05) is 17.5 Å². The van der Waals surface area contributed by atoms with Crippen molar-refractivity contribution >= 4 is 68.9 Å². The number of halogens is 3. The molecule has 0 atom stereocenters. The van der Waals surface area contributed by atoms with Crippen molar-refractivity contribution in [2.45, 2.75) is 4.90 Å². The molecule has 0 saturated heterocycles. The lowest BCUT2D eigenvalue weighted by Crippen LogP contribution is -2.13. The summed E-state index contributed by atoms with van der Waals surface area (Å²) in [7, 11) is 0. The highest BCUT2D eigenvalue weighted by Gasteiger charge is 2.10. The molecule has 0 radical (unpaired) electrons. The van der Waals surface area contributed by atoms with Crippen molar-refractivity contribution < 1.29 is 4.79 Å². The highest BCUT2D eigenvalue weighted by molar-refractivity contribution is 8.00. The van der Waals surface area contributed by atoms with E-state index in [0.717, 1.165) is 16.2 Å². The second-order valence-electron chi connectivity index (χ2n) is 4.96. The second kappa shape index (κ2) is 8.43. The number of thiazole rings is 1. The van der Waals surface area contributed by atoms with E-state index in [-0.39, 0.29) is 11.7 Å². The number of thioether (sulfide) groups is 1. The first-order valence-electron chi connectivity index (χ1n) is 7.10. The number of nitrogens with zero attached hydrogens (tertiary/aromatic N) is 1. The second-order valence-corrected chi connectivity index (χ2v) is 8.11. The van der Waals surface area contributed by atoms with E-state index in [9.17, 15) is 4.79 Å². The fourth-order valence-corrected chi connectivity index (χ4v) is 4.13. The van der Waals surface area contributed by atoms with Crippen molar-refractivity contribution in [1.29, 1.82) is 0 Å². The quantitative estimate of drug-likeness (QED) is 0.471. The zero-order chi connectivity index (χ0) is 17.8. The normalized spacial score (nSPS) is 10.7. The molecule has 1 N–H and O–H groups in total. The third-order valence-electron chi connectivity index (χ3n) is 3.14. The number of carbonyl (C=O) groups excluding carboxylic acids is 1. The molecule has 3 aromatic rings. The number of nitrogens with one attached hydrogen (secondary N) is 1. The lowest BCUT2D eigenvalue weighted by molar-refractivity contribution is -0.113. The summed E-state index contributed by atoms with van der Waals surface area (Å²) >= 11 is 20.6. The van der Waals surface area contributed by atoms with Crippen LogP contribution in [0.5, 0.6) is 0 Å². The van der Waals surface area contributed by atoms with Gasteiger partial charge in [0, 0.05) is 25.9 Å². The maximum absolute atomic E-state index is 12.1. The molecule has 0 aliphatic rings. The van der Waals surface area contributed by atoms with Crippen LogP contribution in [0.1, 0.15) is 0 Å². The van der Waals surface area contributed by atoms with Crippen molar-refractivity contribution in [3.63, 3.8) is 0 Å². The Bertz CT molecular complexity index is 897. The Balaban J connectivity index is 1.60. The number of anilines is 1. The van der Waals surface area contributed by atoms with Gasteiger partial charge in [0.25, 0.3) is 0 Å². The third kappa shape index (κ3) is 5.12. The molecule has 8 heteroatoms. The summed E-state index contributed by atoms with van der Waals surface area (Å²) in [6, 6.07) is 12.6. The van der Waals surface area contributed by atoms with Crippen molar-refractivity contribution in [3.8, 4) is 11.3 Å². The van der Waals surface area contributed by atoms with Crippen LogP contribution in [0.2, 0.25) is 15.1 Å². The number of hydrogen-bond acceptors (Lipinski definition) is 4. The number of rotatable bonds is 5. The van der Waals surface area contributed by atoms with Gasteiger partial charge < -0.3 is 5.32 Å². The van der Waals surface area contributed by atoms with Crippen LogP contribution in [-0.2, 0) is 4.79 Å². The Labute approximate surface area is 168 Å². The zero-order valence-electron chi connectivity index (χ0n) is 12.6. The molecule has 1 aromatic heterocycles. The number of benzene rings is 2. The van der Waals surface area contributed by atoms with Gasteiger partial charge >= 0.3 is 0 Å². The molecule has 0 saturated carbocycles. The summed E-state index contributed by atoms with van der Waals surface area (Å²) in [5.41, 5.74) is 1.74. The van der Waals surface area contributed by atoms with Crippen LogP contribution >= 0.6 is 57.9 Å². The van der Waals surface area contributed by atoms with Crippen LogP contribution < -0.4 is 5.32 Å². The van der Waals surface area contributed by atoms with Gasteiger partial charge in [0.2, 0.25) is 5.91 Å². The summed E-state index contributed by atoms with van der Waals surface area (Å²) < 4.78 is 0. The molecule has 1 heterocycles. The van der Waals surface area contributed by atoms with Gasteiger partial charge in [0.1, 0.15) is 0 Å². The Kier molecular flexibility index (Phi) is 6.25. The Hall–Kier alpha value is -1.24. The first-order valence-corrected chi connectivity index (χ1v) is 10.1. The predicted octanol–water partition coefficient (Wildman–Crippen LogP) is 6.50. The van der Waals surface area contributed by atoms with Crippen LogP contribution in [-0.4, -0.2) is 16.6 Å². The molecular weight excluding hydrogens is 419 g/mol. The molecule has 0 fully saturated rings. The highest BCUT2D eigenvalue weighted by atomic mass is 35.5. The average molecular weight is 430 g/mol. The average Bonchev–Trinajstić information content (AvgIpc) is 3.05. The van der Waals surface area contributed by atoms with E-state index < -0.39 is 0 Å². The molecular formula is C17H11Cl3N2OS2. The van der Waals surface area contributed by atoms with E-state index in [1.54, 1.807) is 30.3 Å². The summed E-state index contributed by atoms with van der Waals surface area (Å²) in [5.74, 6) is 0.0636. The molecule has 0 aliphatic carbocycles. The fourth-order valence-electron chi connectivity index (χ4n) is 1.97. The van der Waals surface area contributed by atoms with Gasteiger partial charge in [-0.1, -0.05) is 46.9 Å². The zero-order valence-corrected chi connectivity index (χ0v) is 16.5. The lowest BCUT2D eigenvalue weighted by atomic mass is 10.2. The summed E-state index contributed by atoms with van der Waals surface area (Å²) in [5, 5.41) is 7.06. The fraction of sp³-hybridized carbons (Fsp3) is 0.0588. The molecule has 25 heavy (non-hydrogen) atoms. The first kappa shape index (κ1) is 18.5. The van der Waals surface area contributed by atoms with Gasteiger partial charge in [-0.05, 0) is 30.3 Å². The predicted molar refractivity (Wildman–Crippen MR) is 108 cm³/mol. The minimum absolute atomic E-state index is 0.155. The van der Waals surface area contributed by atoms with Crippen molar-refractivity contribution in [2.75, 3.05) is 11.1 Å². The summed E-state index contributed by atoms with van der Waals surface area (Å²) in [6.07, 6.45) is 0. The summed E-state index contributed by atoms with van der Waals surface area (Å²) in [6.45, 7) is 0. The smallest absolute Gasteiger partial charge is 0.236 e. The van der Waals surface area contributed by atoms with E-state index in [0.29, 0.717) is 20.2 Å². The molecule has 3 rings (SSSR count). The van der Waals surface area contributed by atoms with Gasteiger partial charge in [0.15, 0.2) is 5.13 Å². The highest BCUT2D eigenvalue weighted by Crippen LogP contribution is 2.30. The maximum Gasteiger partial charge on any atom is 0.236 e. The first-order chi connectivity index (χ1) is 12.0. The molecule has 0 spiro atoms. The van der Waals surface area contributed by atoms with E-state index in [4.69, 9.17) is 34.8 Å². The van der Waals surface area contributed by atoms with Gasteiger partial charge in [-0.15, -0.1) is 23.1 Å².